The van der Waals surface area contributed by atoms with Gasteiger partial charge in [-0.2, -0.15) is 5.10 Å². The van der Waals surface area contributed by atoms with Gasteiger partial charge in [-0.3, -0.25) is 4.68 Å². The minimum absolute atomic E-state index is 0.325. The van der Waals surface area contributed by atoms with E-state index in [2.05, 4.69) is 43.9 Å². The van der Waals surface area contributed by atoms with E-state index < -0.39 is 0 Å². The van der Waals surface area contributed by atoms with E-state index in [-0.39, 0.29) is 0 Å². The number of nitrogens with one attached hydrogen (secondary N) is 1. The van der Waals surface area contributed by atoms with E-state index in [0.717, 1.165) is 16.6 Å². The number of thiophene rings is 2. The zero-order valence-electron chi connectivity index (χ0n) is 11.6. The fraction of sp³-hybridized carbons (Fsp3) is 0.357. The Bertz CT molecular complexity index is 712. The molecule has 6 heteroatoms. The monoisotopic (exact) mass is 369 g/mol. The van der Waals surface area contributed by atoms with Crippen molar-refractivity contribution in [2.75, 3.05) is 7.05 Å². The summed E-state index contributed by atoms with van der Waals surface area (Å²) in [6, 6.07) is 4.83. The number of aryl methyl sites for hydroxylation is 2. The van der Waals surface area contributed by atoms with E-state index in [1.54, 1.807) is 0 Å². The summed E-state index contributed by atoms with van der Waals surface area (Å²) in [6.07, 6.45) is 0.933. The third kappa shape index (κ3) is 2.45. The van der Waals surface area contributed by atoms with Crippen LogP contribution in [0, 0.1) is 6.92 Å². The van der Waals surface area contributed by atoms with Gasteiger partial charge in [-0.15, -0.1) is 22.7 Å². The number of likely N-dealkylation sites (N-methyl/N-ethyl adjacent to an activating group) is 1. The average molecular weight is 370 g/mol. The minimum Gasteiger partial charge on any atom is -0.312 e. The number of halogens is 1. The number of fused-ring (bicyclic) bond motifs is 1. The van der Waals surface area contributed by atoms with Crippen molar-refractivity contribution in [2.24, 2.45) is 7.05 Å². The molecule has 0 amide bonds. The molecule has 0 aliphatic rings. The Morgan fingerprint density at radius 3 is 2.85 bits per heavy atom. The van der Waals surface area contributed by atoms with Gasteiger partial charge in [0.1, 0.15) is 0 Å². The van der Waals surface area contributed by atoms with Crippen molar-refractivity contribution in [3.63, 3.8) is 0 Å². The second-order valence-electron chi connectivity index (χ2n) is 4.81. The normalized spacial score (nSPS) is 13.2. The lowest BCUT2D eigenvalue weighted by molar-refractivity contribution is 0.568. The summed E-state index contributed by atoms with van der Waals surface area (Å²) in [4.78, 5) is 1.39. The van der Waals surface area contributed by atoms with E-state index in [0.29, 0.717) is 6.04 Å². The Morgan fingerprint density at radius 2 is 2.25 bits per heavy atom. The molecule has 3 rings (SSSR count). The molecule has 3 heterocycles. The van der Waals surface area contributed by atoms with Crippen LogP contribution in [0.4, 0.5) is 0 Å². The van der Waals surface area contributed by atoms with Crippen LogP contribution in [-0.2, 0) is 13.5 Å². The highest BCUT2D eigenvalue weighted by Crippen LogP contribution is 2.35. The minimum atomic E-state index is 0.325. The zero-order valence-corrected chi connectivity index (χ0v) is 14.8. The van der Waals surface area contributed by atoms with Crippen LogP contribution in [-0.4, -0.2) is 16.8 Å². The number of aromatic nitrogens is 2. The van der Waals surface area contributed by atoms with Crippen molar-refractivity contribution < 1.29 is 0 Å². The van der Waals surface area contributed by atoms with Crippen molar-refractivity contribution >= 4 is 48.0 Å². The number of hydrogen-bond donors (Lipinski definition) is 1. The molecule has 0 aliphatic carbocycles. The standard InChI is InChI=1S/C14H16BrN3S2/c1-8-14(15)10(18(3)17-8)6-9(16-2)12-7-13-11(20-12)4-5-19-13/h4-5,7,9,16H,6H2,1-3H3. The van der Waals surface area contributed by atoms with Gasteiger partial charge in [0.2, 0.25) is 0 Å². The molecule has 0 aliphatic heterocycles. The highest BCUT2D eigenvalue weighted by atomic mass is 79.9. The molecule has 1 N–H and O–H groups in total. The summed E-state index contributed by atoms with van der Waals surface area (Å²) in [6.45, 7) is 2.03. The quantitative estimate of drug-likeness (QED) is 0.743. The zero-order chi connectivity index (χ0) is 14.3. The Kier molecular flexibility index (Phi) is 3.99. The maximum absolute atomic E-state index is 4.47. The predicted molar refractivity (Wildman–Crippen MR) is 90.9 cm³/mol. The van der Waals surface area contributed by atoms with E-state index in [1.807, 2.05) is 48.4 Å². The Morgan fingerprint density at radius 1 is 1.45 bits per heavy atom. The molecular formula is C14H16BrN3S2. The van der Waals surface area contributed by atoms with Crippen molar-refractivity contribution in [1.82, 2.24) is 15.1 Å². The summed E-state index contributed by atoms with van der Waals surface area (Å²) < 4.78 is 5.86. The predicted octanol–water partition coefficient (Wildman–Crippen LogP) is 4.27. The molecule has 0 aromatic carbocycles. The van der Waals surface area contributed by atoms with Gasteiger partial charge in [0.05, 0.1) is 15.9 Å². The maximum atomic E-state index is 4.47. The Balaban J connectivity index is 1.92. The molecule has 3 aromatic heterocycles. The topological polar surface area (TPSA) is 29.9 Å². The summed E-state index contributed by atoms with van der Waals surface area (Å²) in [5, 5.41) is 10.1. The number of nitrogens with zero attached hydrogens (tertiary/aromatic N) is 2. The Hall–Kier alpha value is -0.690. The van der Waals surface area contributed by atoms with Crippen molar-refractivity contribution in [1.29, 1.82) is 0 Å². The van der Waals surface area contributed by atoms with Gasteiger partial charge in [-0.1, -0.05) is 0 Å². The first-order chi connectivity index (χ1) is 9.60. The molecule has 0 saturated carbocycles. The molecule has 0 bridgehead atoms. The molecule has 0 fully saturated rings. The molecule has 0 radical (unpaired) electrons. The molecule has 1 atom stereocenters. The first-order valence-corrected chi connectivity index (χ1v) is 8.91. The van der Waals surface area contributed by atoms with Crippen LogP contribution in [0.3, 0.4) is 0 Å². The van der Waals surface area contributed by atoms with Crippen LogP contribution in [0.15, 0.2) is 22.0 Å². The average Bonchev–Trinajstić information content (AvgIpc) is 3.04. The van der Waals surface area contributed by atoms with Crippen LogP contribution in [0.25, 0.3) is 9.40 Å². The molecular weight excluding hydrogens is 354 g/mol. The van der Waals surface area contributed by atoms with Crippen LogP contribution in [0.5, 0.6) is 0 Å². The lowest BCUT2D eigenvalue weighted by Crippen LogP contribution is -2.19. The number of rotatable bonds is 4. The van der Waals surface area contributed by atoms with Gasteiger partial charge in [-0.05, 0) is 47.4 Å². The fourth-order valence-corrected chi connectivity index (χ4v) is 5.12. The van der Waals surface area contributed by atoms with Gasteiger partial charge in [0.15, 0.2) is 0 Å². The van der Waals surface area contributed by atoms with Gasteiger partial charge in [0.25, 0.3) is 0 Å². The van der Waals surface area contributed by atoms with E-state index in [9.17, 15) is 0 Å². The first-order valence-electron chi connectivity index (χ1n) is 6.42. The first kappa shape index (κ1) is 14.3. The summed E-state index contributed by atoms with van der Waals surface area (Å²) in [5.41, 5.74) is 2.28. The Labute approximate surface area is 134 Å². The molecule has 1 unspecified atom stereocenters. The number of hydrogen-bond acceptors (Lipinski definition) is 4. The smallest absolute Gasteiger partial charge is 0.0738 e. The third-order valence-corrected chi connectivity index (χ3v) is 6.75. The largest absolute Gasteiger partial charge is 0.312 e. The highest BCUT2D eigenvalue weighted by molar-refractivity contribution is 9.10. The van der Waals surface area contributed by atoms with Crippen molar-refractivity contribution in [2.45, 2.75) is 19.4 Å². The van der Waals surface area contributed by atoms with Crippen molar-refractivity contribution in [3.05, 3.63) is 38.3 Å². The SMILES string of the molecule is CNC(Cc1c(Br)c(C)nn1C)c1cc2sccc2s1. The van der Waals surface area contributed by atoms with E-state index in [4.69, 9.17) is 0 Å². The summed E-state index contributed by atoms with van der Waals surface area (Å²) >= 11 is 7.34. The van der Waals surface area contributed by atoms with Crippen LogP contribution < -0.4 is 5.32 Å². The van der Waals surface area contributed by atoms with E-state index in [1.165, 1.54) is 20.0 Å². The second kappa shape index (κ2) is 5.60. The van der Waals surface area contributed by atoms with Crippen LogP contribution in [0.2, 0.25) is 0 Å². The summed E-state index contributed by atoms with van der Waals surface area (Å²) in [5.74, 6) is 0. The third-order valence-electron chi connectivity index (χ3n) is 3.51. The molecule has 106 valence electrons. The molecule has 3 nitrogen and oxygen atoms in total. The maximum Gasteiger partial charge on any atom is 0.0738 e. The van der Waals surface area contributed by atoms with Crippen LogP contribution in [0.1, 0.15) is 22.3 Å². The van der Waals surface area contributed by atoms with Gasteiger partial charge in [0, 0.05) is 33.8 Å². The van der Waals surface area contributed by atoms with Gasteiger partial charge < -0.3 is 5.32 Å². The molecule has 3 aromatic rings. The van der Waals surface area contributed by atoms with Gasteiger partial charge >= 0.3 is 0 Å². The second-order valence-corrected chi connectivity index (χ2v) is 7.67. The highest BCUT2D eigenvalue weighted by Gasteiger charge is 2.19. The van der Waals surface area contributed by atoms with Crippen LogP contribution >= 0.6 is 38.6 Å². The molecule has 0 spiro atoms. The fourth-order valence-electron chi connectivity index (χ4n) is 2.40. The summed E-state index contributed by atoms with van der Waals surface area (Å²) in [7, 11) is 4.03. The van der Waals surface area contributed by atoms with E-state index >= 15 is 0 Å². The molecule has 20 heavy (non-hydrogen) atoms. The molecule has 0 saturated heterocycles. The van der Waals surface area contributed by atoms with Gasteiger partial charge in [-0.25, -0.2) is 0 Å². The van der Waals surface area contributed by atoms with Crippen molar-refractivity contribution in [3.8, 4) is 0 Å². The lowest BCUT2D eigenvalue weighted by atomic mass is 10.1. The lowest BCUT2D eigenvalue weighted by Gasteiger charge is -2.15.